The number of amides is 3. The summed E-state index contributed by atoms with van der Waals surface area (Å²) in [6.45, 7) is 3.40. The Kier molecular flexibility index (Phi) is 7.13. The first-order valence-electron chi connectivity index (χ1n) is 9.94. The second-order valence-electron chi connectivity index (χ2n) is 7.49. The summed E-state index contributed by atoms with van der Waals surface area (Å²) in [5, 5.41) is 2.56. The number of anilines is 1. The molecular formula is C22H23BrN2O7S. The smallest absolute Gasteiger partial charge is 0.264 e. The number of methoxy groups -OCH3 is 1. The highest BCUT2D eigenvalue weighted by Gasteiger charge is 2.43. The van der Waals surface area contributed by atoms with E-state index in [-0.39, 0.29) is 16.8 Å². The van der Waals surface area contributed by atoms with Crippen molar-refractivity contribution in [3.8, 4) is 11.5 Å². The van der Waals surface area contributed by atoms with Crippen molar-refractivity contribution in [3.63, 3.8) is 0 Å². The Hall–Kier alpha value is -2.92. The number of imide groups is 1. The van der Waals surface area contributed by atoms with Crippen molar-refractivity contribution in [2.75, 3.05) is 31.0 Å². The van der Waals surface area contributed by atoms with E-state index < -0.39 is 39.4 Å². The highest BCUT2D eigenvalue weighted by Crippen LogP contribution is 2.39. The highest BCUT2D eigenvalue weighted by atomic mass is 79.9. The first-order valence-corrected chi connectivity index (χ1v) is 12.8. The molecule has 11 heteroatoms. The van der Waals surface area contributed by atoms with E-state index in [9.17, 15) is 22.8 Å². The van der Waals surface area contributed by atoms with Gasteiger partial charge in [-0.3, -0.25) is 19.3 Å². The minimum atomic E-state index is -3.62. The molecule has 3 amide bonds. The molecule has 3 rings (SSSR count). The molecule has 0 saturated heterocycles. The van der Waals surface area contributed by atoms with Crippen LogP contribution in [0.25, 0.3) is 0 Å². The highest BCUT2D eigenvalue weighted by molar-refractivity contribution is 9.10. The Balaban J connectivity index is 2.16. The molecule has 0 bridgehead atoms. The van der Waals surface area contributed by atoms with Crippen molar-refractivity contribution in [2.45, 2.75) is 19.9 Å². The summed E-state index contributed by atoms with van der Waals surface area (Å²) in [5.74, 6) is -1.49. The second-order valence-corrected chi connectivity index (χ2v) is 10.6. The molecule has 0 saturated carbocycles. The molecule has 2 aromatic rings. The summed E-state index contributed by atoms with van der Waals surface area (Å²) in [7, 11) is -2.15. The average molecular weight is 539 g/mol. The molecule has 0 aromatic heterocycles. The van der Waals surface area contributed by atoms with Crippen LogP contribution < -0.4 is 14.8 Å². The molecule has 9 nitrogen and oxygen atoms in total. The van der Waals surface area contributed by atoms with Crippen LogP contribution in [0.3, 0.4) is 0 Å². The summed E-state index contributed by atoms with van der Waals surface area (Å²) in [4.78, 5) is 39.4. The number of halogens is 1. The van der Waals surface area contributed by atoms with E-state index >= 15 is 0 Å². The van der Waals surface area contributed by atoms with Gasteiger partial charge in [-0.25, -0.2) is 8.42 Å². The van der Waals surface area contributed by atoms with E-state index in [1.54, 1.807) is 25.1 Å². The number of ether oxygens (including phenoxy) is 2. The summed E-state index contributed by atoms with van der Waals surface area (Å²) in [5.41, 5.74) is 0.625. The van der Waals surface area contributed by atoms with Gasteiger partial charge in [-0.15, -0.1) is 0 Å². The lowest BCUT2D eigenvalue weighted by molar-refractivity contribution is -0.114. The van der Waals surface area contributed by atoms with Crippen LogP contribution in [0.4, 0.5) is 5.69 Å². The standard InChI is InChI=1S/C22H23BrN2O7S/c1-5-32-19-8-13(6-7-18(19)31-3)17(11-33(4,29)30)25-21(27)15-9-14(23)10-16(24-12(2)26)20(15)22(25)28/h6-10,17H,5,11H2,1-4H3,(H,24,26)/t17-/m1/s1. The SMILES string of the molecule is CCOc1cc([C@@H](CS(C)(=O)=O)N2C(=O)c3cc(Br)cc(NC(C)=O)c3C2=O)ccc1OC. The van der Waals surface area contributed by atoms with Crippen LogP contribution in [0.5, 0.6) is 11.5 Å². The van der Waals surface area contributed by atoms with E-state index in [1.165, 1.54) is 26.2 Å². The monoisotopic (exact) mass is 538 g/mol. The van der Waals surface area contributed by atoms with E-state index in [0.717, 1.165) is 11.2 Å². The van der Waals surface area contributed by atoms with Crippen LogP contribution in [0.15, 0.2) is 34.8 Å². The summed E-state index contributed by atoms with van der Waals surface area (Å²) in [6, 6.07) is 6.60. The van der Waals surface area contributed by atoms with Crippen LogP contribution in [-0.4, -0.2) is 56.8 Å². The lowest BCUT2D eigenvalue weighted by atomic mass is 10.1. The molecule has 1 aliphatic rings. The largest absolute Gasteiger partial charge is 0.493 e. The van der Waals surface area contributed by atoms with Gasteiger partial charge in [-0.05, 0) is 36.8 Å². The van der Waals surface area contributed by atoms with Gasteiger partial charge in [0.1, 0.15) is 9.84 Å². The third kappa shape index (κ3) is 5.19. The maximum absolute atomic E-state index is 13.4. The van der Waals surface area contributed by atoms with Gasteiger partial charge < -0.3 is 14.8 Å². The van der Waals surface area contributed by atoms with E-state index in [1.807, 2.05) is 0 Å². The van der Waals surface area contributed by atoms with Gasteiger partial charge in [0.05, 0.1) is 42.3 Å². The molecule has 0 aliphatic carbocycles. The number of sulfone groups is 1. The van der Waals surface area contributed by atoms with Crippen LogP contribution in [0, 0.1) is 0 Å². The normalized spacial score (nSPS) is 14.2. The molecule has 33 heavy (non-hydrogen) atoms. The Bertz CT molecular complexity index is 1240. The lowest BCUT2D eigenvalue weighted by Gasteiger charge is -2.27. The van der Waals surface area contributed by atoms with Crippen molar-refractivity contribution in [1.82, 2.24) is 4.90 Å². The fourth-order valence-corrected chi connectivity index (χ4v) is 5.07. The molecule has 176 valence electrons. The fourth-order valence-electron chi connectivity index (χ4n) is 3.70. The van der Waals surface area contributed by atoms with Crippen molar-refractivity contribution in [3.05, 3.63) is 51.5 Å². The van der Waals surface area contributed by atoms with Crippen LogP contribution in [0.1, 0.15) is 46.2 Å². The van der Waals surface area contributed by atoms with Gasteiger partial charge in [0.2, 0.25) is 5.91 Å². The zero-order valence-corrected chi connectivity index (χ0v) is 20.9. The number of nitrogens with zero attached hydrogens (tertiary/aromatic N) is 1. The van der Waals surface area contributed by atoms with Crippen LogP contribution >= 0.6 is 15.9 Å². The number of fused-ring (bicyclic) bond motifs is 1. The number of rotatable bonds is 8. The number of nitrogens with one attached hydrogen (secondary N) is 1. The second kappa shape index (κ2) is 9.52. The molecule has 1 atom stereocenters. The van der Waals surface area contributed by atoms with Gasteiger partial charge in [-0.2, -0.15) is 0 Å². The van der Waals surface area contributed by atoms with E-state index in [0.29, 0.717) is 28.1 Å². The first-order chi connectivity index (χ1) is 15.5. The molecular weight excluding hydrogens is 516 g/mol. The summed E-state index contributed by atoms with van der Waals surface area (Å²) in [6.07, 6.45) is 1.03. The van der Waals surface area contributed by atoms with Crippen molar-refractivity contribution >= 4 is 49.2 Å². The van der Waals surface area contributed by atoms with Gasteiger partial charge >= 0.3 is 0 Å². The zero-order chi connectivity index (χ0) is 24.5. The van der Waals surface area contributed by atoms with Crippen molar-refractivity contribution < 1.29 is 32.3 Å². The van der Waals surface area contributed by atoms with Crippen molar-refractivity contribution in [2.24, 2.45) is 0 Å². The Morgan fingerprint density at radius 1 is 1.15 bits per heavy atom. The molecule has 2 aromatic carbocycles. The minimum absolute atomic E-state index is 0.00967. The maximum Gasteiger partial charge on any atom is 0.264 e. The Morgan fingerprint density at radius 2 is 1.85 bits per heavy atom. The quantitative estimate of drug-likeness (QED) is 0.512. The van der Waals surface area contributed by atoms with Gasteiger partial charge in [0.15, 0.2) is 11.5 Å². The predicted octanol–water partition coefficient (Wildman–Crippen LogP) is 3.20. The topological polar surface area (TPSA) is 119 Å². The minimum Gasteiger partial charge on any atom is -0.493 e. The summed E-state index contributed by atoms with van der Waals surface area (Å²) < 4.78 is 35.9. The third-order valence-electron chi connectivity index (χ3n) is 4.94. The van der Waals surface area contributed by atoms with Crippen LogP contribution in [-0.2, 0) is 14.6 Å². The fraction of sp³-hybridized carbons (Fsp3) is 0.318. The zero-order valence-electron chi connectivity index (χ0n) is 18.5. The molecule has 0 spiro atoms. The summed E-state index contributed by atoms with van der Waals surface area (Å²) >= 11 is 3.29. The number of carbonyl (C=O) groups is 3. The van der Waals surface area contributed by atoms with Crippen molar-refractivity contribution in [1.29, 1.82) is 0 Å². The molecule has 1 N–H and O–H groups in total. The van der Waals surface area contributed by atoms with Gasteiger partial charge in [0, 0.05) is 17.7 Å². The van der Waals surface area contributed by atoms with E-state index in [4.69, 9.17) is 9.47 Å². The first kappa shape index (κ1) is 24.7. The maximum atomic E-state index is 13.4. The van der Waals surface area contributed by atoms with E-state index in [2.05, 4.69) is 21.2 Å². The molecule has 0 radical (unpaired) electrons. The van der Waals surface area contributed by atoms with Crippen LogP contribution in [0.2, 0.25) is 0 Å². The van der Waals surface area contributed by atoms with Gasteiger partial charge in [0.25, 0.3) is 11.8 Å². The molecule has 0 fully saturated rings. The number of hydrogen-bond acceptors (Lipinski definition) is 7. The Morgan fingerprint density at radius 3 is 2.42 bits per heavy atom. The number of carbonyl (C=O) groups excluding carboxylic acids is 3. The number of benzene rings is 2. The molecule has 1 heterocycles. The lowest BCUT2D eigenvalue weighted by Crippen LogP contribution is -2.37. The Labute approximate surface area is 200 Å². The number of hydrogen-bond donors (Lipinski definition) is 1. The molecule has 0 unspecified atom stereocenters. The van der Waals surface area contributed by atoms with Gasteiger partial charge in [-0.1, -0.05) is 22.0 Å². The third-order valence-corrected chi connectivity index (χ3v) is 6.32. The molecule has 1 aliphatic heterocycles. The average Bonchev–Trinajstić information content (AvgIpc) is 2.95. The predicted molar refractivity (Wildman–Crippen MR) is 126 cm³/mol.